The first-order chi connectivity index (χ1) is 22.0. The molecule has 4 rings (SSSR count). The molecule has 0 bridgehead atoms. The van der Waals surface area contributed by atoms with Gasteiger partial charge in [0.25, 0.3) is 5.91 Å². The van der Waals surface area contributed by atoms with Crippen molar-refractivity contribution in [3.05, 3.63) is 65.3 Å². The van der Waals surface area contributed by atoms with Crippen LogP contribution >= 0.6 is 0 Å². The summed E-state index contributed by atoms with van der Waals surface area (Å²) in [5.74, 6) is 0.569. The first-order valence-electron chi connectivity index (χ1n) is 16.0. The highest BCUT2D eigenvalue weighted by Gasteiger charge is 2.30. The van der Waals surface area contributed by atoms with Gasteiger partial charge in [0.1, 0.15) is 17.1 Å². The molecule has 2 aromatic heterocycles. The second-order valence-electron chi connectivity index (χ2n) is 12.3. The third-order valence-electron chi connectivity index (χ3n) is 8.27. The molecule has 0 unspecified atom stereocenters. The molecule has 250 valence electrons. The van der Waals surface area contributed by atoms with Crippen molar-refractivity contribution in [3.63, 3.8) is 0 Å². The number of ether oxygens (including phenoxy) is 2. The molecule has 3 heterocycles. The topological polar surface area (TPSA) is 142 Å². The monoisotopic (exact) mass is 636 g/mol. The fourth-order valence-corrected chi connectivity index (χ4v) is 5.57. The van der Waals surface area contributed by atoms with E-state index in [1.165, 1.54) is 0 Å². The lowest BCUT2D eigenvalue weighted by Crippen LogP contribution is -2.47. The minimum atomic E-state index is -0.498. The van der Waals surface area contributed by atoms with Crippen LogP contribution in [0.2, 0.25) is 0 Å². The lowest BCUT2D eigenvalue weighted by atomic mass is 10.0. The van der Waals surface area contributed by atoms with Gasteiger partial charge in [-0.25, -0.2) is 4.79 Å². The quantitative estimate of drug-likeness (QED) is 0.302. The van der Waals surface area contributed by atoms with Crippen molar-refractivity contribution in [2.45, 2.75) is 78.7 Å². The van der Waals surface area contributed by atoms with Gasteiger partial charge in [0.15, 0.2) is 5.76 Å². The van der Waals surface area contributed by atoms with Crippen LogP contribution < -0.4 is 15.4 Å². The first kappa shape index (κ1) is 34.9. The standard InChI is InChI=1S/C34H48N6O6/c1-22-18-40(23(2)21-41)33(42)29-17-28(36-34(43)37-32-25(4)38-46-26(32)5)10-11-30(29)45-24(3)9-7-8-16-44-31(22)20-39(6)19-27-12-14-35-15-13-27/h10-15,17,22-24,31,41H,7-9,16,18-21H2,1-6H3,(H2,36,37,43)/t22-,23-,24-,31+/m1/s1. The highest BCUT2D eigenvalue weighted by atomic mass is 16.5. The molecule has 0 radical (unpaired) electrons. The molecule has 0 aliphatic carbocycles. The maximum atomic E-state index is 14.3. The van der Waals surface area contributed by atoms with Gasteiger partial charge in [-0.05, 0) is 89.9 Å². The van der Waals surface area contributed by atoms with Crippen molar-refractivity contribution in [3.8, 4) is 5.75 Å². The molecule has 3 N–H and O–H groups in total. The van der Waals surface area contributed by atoms with E-state index >= 15 is 0 Å². The fraction of sp³-hybridized carbons (Fsp3) is 0.529. The Morgan fingerprint density at radius 2 is 1.91 bits per heavy atom. The molecule has 12 nitrogen and oxygen atoms in total. The molecular formula is C34H48N6O6. The third kappa shape index (κ3) is 9.51. The van der Waals surface area contributed by atoms with Crippen LogP contribution in [-0.4, -0.2) is 88.6 Å². The van der Waals surface area contributed by atoms with Gasteiger partial charge in [0, 0.05) is 50.2 Å². The molecule has 1 aliphatic rings. The molecule has 0 saturated carbocycles. The normalized spacial score (nSPS) is 20.4. The zero-order valence-electron chi connectivity index (χ0n) is 27.8. The minimum absolute atomic E-state index is 0.0498. The van der Waals surface area contributed by atoms with Crippen molar-refractivity contribution in [1.29, 1.82) is 0 Å². The van der Waals surface area contributed by atoms with E-state index in [2.05, 4.69) is 39.6 Å². The van der Waals surface area contributed by atoms with E-state index in [1.807, 2.05) is 26.0 Å². The van der Waals surface area contributed by atoms with E-state index < -0.39 is 12.1 Å². The Morgan fingerprint density at radius 1 is 1.15 bits per heavy atom. The molecule has 3 aromatic rings. The number of hydrogen-bond donors (Lipinski definition) is 3. The summed E-state index contributed by atoms with van der Waals surface area (Å²) in [5, 5.41) is 19.7. The van der Waals surface area contributed by atoms with E-state index in [9.17, 15) is 14.7 Å². The number of hydrogen-bond acceptors (Lipinski definition) is 9. The van der Waals surface area contributed by atoms with E-state index in [0.29, 0.717) is 53.8 Å². The fourth-order valence-electron chi connectivity index (χ4n) is 5.57. The highest BCUT2D eigenvalue weighted by molar-refractivity contribution is 6.03. The molecule has 0 spiro atoms. The smallest absolute Gasteiger partial charge is 0.323 e. The Labute approximate surface area is 271 Å². The Morgan fingerprint density at radius 3 is 2.61 bits per heavy atom. The number of carbonyl (C=O) groups is 2. The van der Waals surface area contributed by atoms with E-state index in [-0.39, 0.29) is 30.6 Å². The second kappa shape index (κ2) is 16.5. The molecule has 4 atom stereocenters. The Kier molecular flexibility index (Phi) is 12.5. The maximum absolute atomic E-state index is 14.3. The highest BCUT2D eigenvalue weighted by Crippen LogP contribution is 2.29. The van der Waals surface area contributed by atoms with Crippen molar-refractivity contribution in [1.82, 2.24) is 19.9 Å². The summed E-state index contributed by atoms with van der Waals surface area (Å²) in [7, 11) is 2.06. The Hall–Kier alpha value is -4.00. The van der Waals surface area contributed by atoms with Crippen LogP contribution in [-0.2, 0) is 11.3 Å². The summed E-state index contributed by atoms with van der Waals surface area (Å²) < 4.78 is 17.9. The van der Waals surface area contributed by atoms with Gasteiger partial charge in [0.2, 0.25) is 0 Å². The van der Waals surface area contributed by atoms with Crippen LogP contribution in [0.25, 0.3) is 0 Å². The number of aryl methyl sites for hydroxylation is 2. The molecule has 1 aliphatic heterocycles. The molecule has 0 saturated heterocycles. The minimum Gasteiger partial charge on any atom is -0.490 e. The summed E-state index contributed by atoms with van der Waals surface area (Å²) in [6, 6.07) is 8.08. The summed E-state index contributed by atoms with van der Waals surface area (Å²) >= 11 is 0. The van der Waals surface area contributed by atoms with E-state index in [0.717, 1.165) is 31.4 Å². The zero-order valence-corrected chi connectivity index (χ0v) is 27.8. The average Bonchev–Trinajstić information content (AvgIpc) is 3.34. The number of urea groups is 1. The van der Waals surface area contributed by atoms with Crippen molar-refractivity contribution in [2.75, 3.05) is 44.0 Å². The second-order valence-corrected chi connectivity index (χ2v) is 12.3. The van der Waals surface area contributed by atoms with Gasteiger partial charge in [0.05, 0.1) is 30.4 Å². The predicted octanol–water partition coefficient (Wildman–Crippen LogP) is 5.26. The number of aliphatic hydroxyl groups excluding tert-OH is 1. The SMILES string of the molecule is Cc1noc(C)c1NC(=O)Nc1ccc2c(c1)C(=O)N([C@H](C)CO)C[C@@H](C)[C@H](CN(C)Cc1ccncc1)OCCCC[C@@H](C)O2. The van der Waals surface area contributed by atoms with Crippen LogP contribution in [0.5, 0.6) is 5.75 Å². The number of aromatic nitrogens is 2. The number of carbonyl (C=O) groups excluding carboxylic acids is 2. The van der Waals surface area contributed by atoms with E-state index in [1.54, 1.807) is 49.3 Å². The van der Waals surface area contributed by atoms with Gasteiger partial charge in [-0.3, -0.25) is 14.7 Å². The van der Waals surface area contributed by atoms with Gasteiger partial charge >= 0.3 is 6.03 Å². The van der Waals surface area contributed by atoms with Crippen LogP contribution in [0.15, 0.2) is 47.2 Å². The predicted molar refractivity (Wildman–Crippen MR) is 176 cm³/mol. The number of pyridine rings is 1. The first-order valence-corrected chi connectivity index (χ1v) is 16.0. The molecular weight excluding hydrogens is 588 g/mol. The number of nitrogens with zero attached hydrogens (tertiary/aromatic N) is 4. The van der Waals surface area contributed by atoms with Gasteiger partial charge < -0.3 is 34.6 Å². The van der Waals surface area contributed by atoms with Crippen LogP contribution in [0, 0.1) is 19.8 Å². The summed E-state index contributed by atoms with van der Waals surface area (Å²) in [4.78, 5) is 35.2. The lowest BCUT2D eigenvalue weighted by Gasteiger charge is -2.36. The summed E-state index contributed by atoms with van der Waals surface area (Å²) in [6.45, 7) is 11.5. The van der Waals surface area contributed by atoms with Gasteiger partial charge in [-0.15, -0.1) is 0 Å². The summed E-state index contributed by atoms with van der Waals surface area (Å²) in [6.07, 6.45) is 5.86. The average molecular weight is 637 g/mol. The number of benzene rings is 1. The number of rotatable bonds is 8. The van der Waals surface area contributed by atoms with Crippen LogP contribution in [0.4, 0.5) is 16.2 Å². The Balaban J connectivity index is 1.60. The number of fused-ring (bicyclic) bond motifs is 1. The third-order valence-corrected chi connectivity index (χ3v) is 8.27. The maximum Gasteiger partial charge on any atom is 0.323 e. The molecule has 46 heavy (non-hydrogen) atoms. The molecule has 0 fully saturated rings. The van der Waals surface area contributed by atoms with Crippen LogP contribution in [0.3, 0.4) is 0 Å². The molecule has 3 amide bonds. The molecule has 1 aromatic carbocycles. The number of amides is 3. The van der Waals surface area contributed by atoms with Gasteiger partial charge in [-0.1, -0.05) is 12.1 Å². The number of anilines is 2. The number of aliphatic hydroxyl groups is 1. The van der Waals surface area contributed by atoms with Gasteiger partial charge in [-0.2, -0.15) is 0 Å². The molecule has 12 heteroatoms. The summed E-state index contributed by atoms with van der Waals surface area (Å²) in [5.41, 5.74) is 2.93. The Bertz CT molecular complexity index is 1410. The lowest BCUT2D eigenvalue weighted by molar-refractivity contribution is -0.0177. The van der Waals surface area contributed by atoms with Crippen molar-refractivity contribution >= 4 is 23.3 Å². The zero-order chi connectivity index (χ0) is 33.2. The number of nitrogens with one attached hydrogen (secondary N) is 2. The van der Waals surface area contributed by atoms with Crippen LogP contribution in [0.1, 0.15) is 67.4 Å². The van der Waals surface area contributed by atoms with Crippen molar-refractivity contribution in [2.24, 2.45) is 5.92 Å². The van der Waals surface area contributed by atoms with E-state index in [4.69, 9.17) is 14.0 Å². The largest absolute Gasteiger partial charge is 0.490 e. The number of likely N-dealkylation sites (N-methyl/N-ethyl adjacent to an activating group) is 1. The van der Waals surface area contributed by atoms with Crippen molar-refractivity contribution < 1.29 is 28.7 Å².